The first-order valence-electron chi connectivity index (χ1n) is 5.83. The molecule has 2 aromatic rings. The maximum atomic E-state index is 12.1. The Kier molecular flexibility index (Phi) is 3.57. The van der Waals surface area contributed by atoms with Gasteiger partial charge in [-0.1, -0.05) is 11.6 Å². The third-order valence-electron chi connectivity index (χ3n) is 2.83. The van der Waals surface area contributed by atoms with Crippen LogP contribution < -0.4 is 0 Å². The first-order chi connectivity index (χ1) is 8.52. The lowest BCUT2D eigenvalue weighted by molar-refractivity contribution is 0.0990. The molecule has 96 valence electrons. The largest absolute Gasteiger partial charge is 0.469 e. The molecule has 0 aromatic carbocycles. The zero-order valence-corrected chi connectivity index (χ0v) is 11.4. The first-order valence-corrected chi connectivity index (χ1v) is 6.20. The van der Waals surface area contributed by atoms with Crippen molar-refractivity contribution < 1.29 is 9.21 Å². The number of carbonyl (C=O) groups excluding carboxylic acids is 1. The van der Waals surface area contributed by atoms with Gasteiger partial charge in [0, 0.05) is 6.54 Å². The molecule has 0 spiro atoms. The van der Waals surface area contributed by atoms with Gasteiger partial charge in [0.25, 0.3) is 0 Å². The number of hydrogen-bond donors (Lipinski definition) is 0. The van der Waals surface area contributed by atoms with Crippen molar-refractivity contribution in [3.8, 4) is 0 Å². The van der Waals surface area contributed by atoms with E-state index in [0.29, 0.717) is 17.1 Å². The SMILES string of the molecule is CCn1nc(C)c(Cl)c1CC(=O)c1coc(C)c1. The van der Waals surface area contributed by atoms with Gasteiger partial charge in [0.1, 0.15) is 12.0 Å². The van der Waals surface area contributed by atoms with Gasteiger partial charge >= 0.3 is 0 Å². The van der Waals surface area contributed by atoms with Crippen LogP contribution in [0.1, 0.15) is 34.4 Å². The lowest BCUT2D eigenvalue weighted by atomic mass is 10.1. The summed E-state index contributed by atoms with van der Waals surface area (Å²) in [6.45, 7) is 6.31. The second kappa shape index (κ2) is 4.98. The van der Waals surface area contributed by atoms with Crippen LogP contribution in [0.2, 0.25) is 5.02 Å². The van der Waals surface area contributed by atoms with Gasteiger partial charge in [0.05, 0.1) is 28.4 Å². The standard InChI is InChI=1S/C13H15ClN2O2/c1-4-16-11(13(14)9(3)15-16)6-12(17)10-5-8(2)18-7-10/h5,7H,4,6H2,1-3H3. The highest BCUT2D eigenvalue weighted by molar-refractivity contribution is 6.32. The second-order valence-electron chi connectivity index (χ2n) is 4.21. The number of furan rings is 1. The number of nitrogens with zero attached hydrogens (tertiary/aromatic N) is 2. The van der Waals surface area contributed by atoms with Crippen LogP contribution in [0.15, 0.2) is 16.7 Å². The van der Waals surface area contributed by atoms with Gasteiger partial charge in [-0.25, -0.2) is 0 Å². The number of aryl methyl sites for hydroxylation is 3. The zero-order chi connectivity index (χ0) is 13.3. The number of halogens is 1. The van der Waals surface area contributed by atoms with E-state index in [4.69, 9.17) is 16.0 Å². The average molecular weight is 267 g/mol. The molecule has 0 bridgehead atoms. The summed E-state index contributed by atoms with van der Waals surface area (Å²) in [7, 11) is 0. The van der Waals surface area contributed by atoms with Crippen molar-refractivity contribution in [2.45, 2.75) is 33.7 Å². The first kappa shape index (κ1) is 12.9. The average Bonchev–Trinajstić information content (AvgIpc) is 2.88. The van der Waals surface area contributed by atoms with Crippen LogP contribution in [-0.4, -0.2) is 15.6 Å². The summed E-state index contributed by atoms with van der Waals surface area (Å²) in [5.74, 6) is 0.716. The molecule has 0 N–H and O–H groups in total. The van der Waals surface area contributed by atoms with Crippen LogP contribution in [0.3, 0.4) is 0 Å². The molecule has 0 aliphatic rings. The molecule has 18 heavy (non-hydrogen) atoms. The summed E-state index contributed by atoms with van der Waals surface area (Å²) in [6.07, 6.45) is 1.72. The van der Waals surface area contributed by atoms with Gasteiger partial charge in [0.2, 0.25) is 0 Å². The summed E-state index contributed by atoms with van der Waals surface area (Å²) in [4.78, 5) is 12.1. The van der Waals surface area contributed by atoms with Gasteiger partial charge in [-0.3, -0.25) is 9.48 Å². The summed E-state index contributed by atoms with van der Waals surface area (Å²) in [5.41, 5.74) is 2.09. The zero-order valence-electron chi connectivity index (χ0n) is 10.7. The lowest BCUT2D eigenvalue weighted by Gasteiger charge is -2.03. The van der Waals surface area contributed by atoms with Crippen LogP contribution in [0, 0.1) is 13.8 Å². The molecular formula is C13H15ClN2O2. The fourth-order valence-electron chi connectivity index (χ4n) is 1.88. The predicted octanol–water partition coefficient (Wildman–Crippen LogP) is 3.19. The van der Waals surface area contributed by atoms with E-state index in [1.807, 2.05) is 20.8 Å². The molecule has 0 atom stereocenters. The number of carbonyl (C=O) groups is 1. The molecule has 0 amide bonds. The maximum Gasteiger partial charge on any atom is 0.172 e. The molecule has 4 nitrogen and oxygen atoms in total. The Bertz CT molecular complexity index is 584. The van der Waals surface area contributed by atoms with Crippen molar-refractivity contribution >= 4 is 17.4 Å². The van der Waals surface area contributed by atoms with E-state index in [2.05, 4.69) is 5.10 Å². The molecule has 0 saturated carbocycles. The fourth-order valence-corrected chi connectivity index (χ4v) is 2.08. The Morgan fingerprint density at radius 2 is 2.22 bits per heavy atom. The Balaban J connectivity index is 2.26. The molecule has 2 heterocycles. The molecule has 5 heteroatoms. The molecule has 0 aliphatic carbocycles. The van der Waals surface area contributed by atoms with Gasteiger partial charge in [-0.2, -0.15) is 5.10 Å². The molecule has 0 radical (unpaired) electrons. The van der Waals surface area contributed by atoms with Gasteiger partial charge in [-0.15, -0.1) is 0 Å². The third-order valence-corrected chi connectivity index (χ3v) is 3.33. The third kappa shape index (κ3) is 2.34. The number of ketones is 1. The number of Topliss-reactive ketones (excluding diaryl/α,β-unsaturated/α-hetero) is 1. The Morgan fingerprint density at radius 3 is 2.78 bits per heavy atom. The fraction of sp³-hybridized carbons (Fsp3) is 0.385. The van der Waals surface area contributed by atoms with E-state index in [1.165, 1.54) is 6.26 Å². The lowest BCUT2D eigenvalue weighted by Crippen LogP contribution is -2.09. The van der Waals surface area contributed by atoms with Crippen LogP contribution in [0.4, 0.5) is 0 Å². The minimum atomic E-state index is -0.0108. The smallest absolute Gasteiger partial charge is 0.172 e. The van der Waals surface area contributed by atoms with Crippen molar-refractivity contribution in [3.63, 3.8) is 0 Å². The molecule has 0 fully saturated rings. The van der Waals surface area contributed by atoms with E-state index >= 15 is 0 Å². The summed E-state index contributed by atoms with van der Waals surface area (Å²) >= 11 is 6.17. The van der Waals surface area contributed by atoms with Crippen molar-refractivity contribution in [1.82, 2.24) is 9.78 Å². The Morgan fingerprint density at radius 1 is 1.50 bits per heavy atom. The van der Waals surface area contributed by atoms with E-state index in [1.54, 1.807) is 10.7 Å². The maximum absolute atomic E-state index is 12.1. The summed E-state index contributed by atoms with van der Waals surface area (Å²) in [6, 6.07) is 1.73. The Hall–Kier alpha value is -1.55. The minimum absolute atomic E-state index is 0.0108. The monoisotopic (exact) mass is 266 g/mol. The van der Waals surface area contributed by atoms with Crippen molar-refractivity contribution in [2.75, 3.05) is 0 Å². The van der Waals surface area contributed by atoms with E-state index < -0.39 is 0 Å². The molecule has 0 aliphatic heterocycles. The van der Waals surface area contributed by atoms with Gasteiger partial charge < -0.3 is 4.42 Å². The number of hydrogen-bond acceptors (Lipinski definition) is 3. The summed E-state index contributed by atoms with van der Waals surface area (Å²) < 4.78 is 6.91. The normalized spacial score (nSPS) is 10.9. The van der Waals surface area contributed by atoms with Crippen molar-refractivity contribution in [1.29, 1.82) is 0 Å². The molecular weight excluding hydrogens is 252 g/mol. The highest BCUT2D eigenvalue weighted by atomic mass is 35.5. The minimum Gasteiger partial charge on any atom is -0.469 e. The quantitative estimate of drug-likeness (QED) is 0.799. The Labute approximate surface area is 111 Å². The predicted molar refractivity (Wildman–Crippen MR) is 69.1 cm³/mol. The van der Waals surface area contributed by atoms with E-state index in [9.17, 15) is 4.79 Å². The van der Waals surface area contributed by atoms with Gasteiger partial charge in [0.15, 0.2) is 5.78 Å². The van der Waals surface area contributed by atoms with Crippen LogP contribution >= 0.6 is 11.6 Å². The van der Waals surface area contributed by atoms with Crippen molar-refractivity contribution in [3.05, 3.63) is 40.1 Å². The molecule has 0 saturated heterocycles. The highest BCUT2D eigenvalue weighted by Crippen LogP contribution is 2.22. The summed E-state index contributed by atoms with van der Waals surface area (Å²) in [5, 5.41) is 4.86. The number of aromatic nitrogens is 2. The molecule has 2 aromatic heterocycles. The van der Waals surface area contributed by atoms with E-state index in [-0.39, 0.29) is 12.2 Å². The van der Waals surface area contributed by atoms with E-state index in [0.717, 1.165) is 17.1 Å². The van der Waals surface area contributed by atoms with Crippen LogP contribution in [0.5, 0.6) is 0 Å². The van der Waals surface area contributed by atoms with Crippen LogP contribution in [0.25, 0.3) is 0 Å². The van der Waals surface area contributed by atoms with Crippen molar-refractivity contribution in [2.24, 2.45) is 0 Å². The highest BCUT2D eigenvalue weighted by Gasteiger charge is 2.17. The van der Waals surface area contributed by atoms with Crippen LogP contribution in [-0.2, 0) is 13.0 Å². The molecule has 0 unspecified atom stereocenters. The van der Waals surface area contributed by atoms with Gasteiger partial charge in [-0.05, 0) is 26.8 Å². The molecule has 2 rings (SSSR count). The number of rotatable bonds is 4. The topological polar surface area (TPSA) is 48.0 Å². The second-order valence-corrected chi connectivity index (χ2v) is 4.59.